The van der Waals surface area contributed by atoms with Crippen molar-refractivity contribution < 1.29 is 14.3 Å². The summed E-state index contributed by atoms with van der Waals surface area (Å²) < 4.78 is 12.6. The fourth-order valence-electron chi connectivity index (χ4n) is 4.03. The first-order valence-corrected chi connectivity index (χ1v) is 12.1. The summed E-state index contributed by atoms with van der Waals surface area (Å²) in [4.78, 5) is 15.2. The minimum absolute atomic E-state index is 0.0114. The summed E-state index contributed by atoms with van der Waals surface area (Å²) in [6.45, 7) is 5.15. The van der Waals surface area contributed by atoms with E-state index in [0.717, 1.165) is 25.9 Å². The molecule has 0 aromatic heterocycles. The van der Waals surface area contributed by atoms with Crippen molar-refractivity contribution in [3.8, 4) is 17.6 Å². The number of amides is 1. The predicted molar refractivity (Wildman–Crippen MR) is 143 cm³/mol. The Morgan fingerprint density at radius 2 is 1.85 bits per heavy atom. The number of nitrogens with zero attached hydrogens (tertiary/aromatic N) is 2. The summed E-state index contributed by atoms with van der Waals surface area (Å²) in [5, 5.41) is 9.33. The molecule has 1 heterocycles. The van der Waals surface area contributed by atoms with Crippen LogP contribution in [-0.4, -0.2) is 19.6 Å². The van der Waals surface area contributed by atoms with Gasteiger partial charge in [0.15, 0.2) is 11.5 Å². The Bertz CT molecular complexity index is 1310. The molecular formula is C28H25IN2O3. The van der Waals surface area contributed by atoms with E-state index in [1.807, 2.05) is 65.6 Å². The van der Waals surface area contributed by atoms with Crippen molar-refractivity contribution in [2.75, 3.05) is 18.6 Å². The summed E-state index contributed by atoms with van der Waals surface area (Å²) in [6, 6.07) is 21.3. The molecule has 6 heteroatoms. The number of anilines is 1. The molecule has 3 aromatic carbocycles. The zero-order valence-electron chi connectivity index (χ0n) is 19.3. The van der Waals surface area contributed by atoms with E-state index in [9.17, 15) is 10.1 Å². The minimum Gasteiger partial charge on any atom is -0.493 e. The van der Waals surface area contributed by atoms with E-state index in [1.165, 1.54) is 0 Å². The van der Waals surface area contributed by atoms with Crippen molar-refractivity contribution in [1.29, 1.82) is 5.26 Å². The fraction of sp³-hybridized carbons (Fsp3) is 0.214. The maximum Gasteiger partial charge on any atom is 0.259 e. The van der Waals surface area contributed by atoms with Crippen LogP contribution in [0.3, 0.4) is 0 Å². The molecule has 5 nitrogen and oxygen atoms in total. The largest absolute Gasteiger partial charge is 0.493 e. The lowest BCUT2D eigenvalue weighted by Crippen LogP contribution is -2.30. The number of fused-ring (bicyclic) bond motifs is 1. The van der Waals surface area contributed by atoms with Crippen molar-refractivity contribution in [2.45, 2.75) is 20.5 Å². The standard InChI is InChI=1S/C28H25IN2O3/c1-18(2)16-31-25-11-7-6-10-22(25)23(28(31)32)12-19-13-24(29)27(26(14-19)33-3)34-17-21-9-5-4-8-20(21)15-30/h4-14,18H,16-17H2,1-3H3/b23-12-. The molecule has 1 aliphatic heterocycles. The second-order valence-electron chi connectivity index (χ2n) is 8.48. The highest BCUT2D eigenvalue weighted by atomic mass is 127. The van der Waals surface area contributed by atoms with E-state index in [2.05, 4.69) is 42.5 Å². The van der Waals surface area contributed by atoms with Crippen molar-refractivity contribution in [3.63, 3.8) is 0 Å². The van der Waals surface area contributed by atoms with Gasteiger partial charge in [0.05, 0.1) is 28.0 Å². The van der Waals surface area contributed by atoms with Crippen LogP contribution in [0.15, 0.2) is 60.7 Å². The van der Waals surface area contributed by atoms with Gasteiger partial charge in [-0.1, -0.05) is 50.2 Å². The summed E-state index contributed by atoms with van der Waals surface area (Å²) in [7, 11) is 1.60. The number of nitriles is 1. The van der Waals surface area contributed by atoms with Crippen molar-refractivity contribution in [2.24, 2.45) is 5.92 Å². The van der Waals surface area contributed by atoms with Gasteiger partial charge in [-0.05, 0) is 64.4 Å². The number of halogens is 1. The highest BCUT2D eigenvalue weighted by Crippen LogP contribution is 2.40. The monoisotopic (exact) mass is 564 g/mol. The van der Waals surface area contributed by atoms with Crippen LogP contribution in [0.25, 0.3) is 11.6 Å². The molecule has 0 fully saturated rings. The van der Waals surface area contributed by atoms with Crippen molar-refractivity contribution in [3.05, 3.63) is 86.5 Å². The van der Waals surface area contributed by atoms with Gasteiger partial charge in [0.2, 0.25) is 0 Å². The first kappa shape index (κ1) is 23.8. The molecule has 0 saturated carbocycles. The lowest BCUT2D eigenvalue weighted by Gasteiger charge is -2.19. The summed E-state index contributed by atoms with van der Waals surface area (Å²) in [5.41, 5.74) is 4.82. The molecule has 0 unspecified atom stereocenters. The molecule has 1 amide bonds. The molecule has 172 valence electrons. The lowest BCUT2D eigenvalue weighted by atomic mass is 10.0. The molecule has 1 aliphatic rings. The SMILES string of the molecule is COc1cc(/C=C2\C(=O)N(CC(C)C)c3ccccc32)cc(I)c1OCc1ccccc1C#N. The maximum absolute atomic E-state index is 13.3. The van der Waals surface area contributed by atoms with Crippen LogP contribution < -0.4 is 14.4 Å². The van der Waals surface area contributed by atoms with E-state index >= 15 is 0 Å². The van der Waals surface area contributed by atoms with E-state index < -0.39 is 0 Å². The summed E-state index contributed by atoms with van der Waals surface area (Å²) >= 11 is 2.21. The molecule has 0 aliphatic carbocycles. The average Bonchev–Trinajstić information content (AvgIpc) is 3.08. The number of carbonyl (C=O) groups excluding carboxylic acids is 1. The molecule has 4 rings (SSSR count). The number of para-hydroxylation sites is 1. The van der Waals surface area contributed by atoms with Gasteiger partial charge in [0.1, 0.15) is 6.61 Å². The molecule has 0 spiro atoms. The first-order valence-electron chi connectivity index (χ1n) is 11.0. The second kappa shape index (κ2) is 10.3. The summed E-state index contributed by atoms with van der Waals surface area (Å²) in [5.74, 6) is 1.56. The van der Waals surface area contributed by atoms with Crippen molar-refractivity contribution >= 4 is 45.8 Å². The normalized spacial score (nSPS) is 13.8. The van der Waals surface area contributed by atoms with E-state index in [-0.39, 0.29) is 12.5 Å². The third-order valence-electron chi connectivity index (χ3n) is 5.58. The average molecular weight is 564 g/mol. The van der Waals surface area contributed by atoms with Gasteiger partial charge in [-0.3, -0.25) is 4.79 Å². The topological polar surface area (TPSA) is 62.6 Å². The number of hydrogen-bond acceptors (Lipinski definition) is 4. The first-order chi connectivity index (χ1) is 16.4. The third-order valence-corrected chi connectivity index (χ3v) is 6.38. The molecule has 0 N–H and O–H groups in total. The van der Waals surface area contributed by atoms with Gasteiger partial charge in [-0.25, -0.2) is 0 Å². The van der Waals surface area contributed by atoms with Crippen LogP contribution in [-0.2, 0) is 11.4 Å². The predicted octanol–water partition coefficient (Wildman–Crippen LogP) is 6.29. The van der Waals surface area contributed by atoms with Crippen LogP contribution in [0.2, 0.25) is 0 Å². The number of rotatable bonds is 7. The Kier molecular flexibility index (Phi) is 7.23. The minimum atomic E-state index is 0.0114. The molecule has 0 bridgehead atoms. The Hall–Kier alpha value is -3.31. The smallest absolute Gasteiger partial charge is 0.259 e. The molecular weight excluding hydrogens is 539 g/mol. The second-order valence-corrected chi connectivity index (χ2v) is 9.64. The van der Waals surface area contributed by atoms with E-state index in [1.54, 1.807) is 13.2 Å². The number of ether oxygens (including phenoxy) is 2. The quantitative estimate of drug-likeness (QED) is 0.250. The Labute approximate surface area is 213 Å². The lowest BCUT2D eigenvalue weighted by molar-refractivity contribution is -0.113. The van der Waals surface area contributed by atoms with Gasteiger partial charge in [-0.15, -0.1) is 0 Å². The Morgan fingerprint density at radius 3 is 2.59 bits per heavy atom. The summed E-state index contributed by atoms with van der Waals surface area (Å²) in [6.07, 6.45) is 1.92. The van der Waals surface area contributed by atoms with Gasteiger partial charge >= 0.3 is 0 Å². The van der Waals surface area contributed by atoms with Crippen LogP contribution in [0.5, 0.6) is 11.5 Å². The molecule has 0 radical (unpaired) electrons. The van der Waals surface area contributed by atoms with Crippen LogP contribution in [0, 0.1) is 20.8 Å². The zero-order valence-corrected chi connectivity index (χ0v) is 21.5. The van der Waals surface area contributed by atoms with Gasteiger partial charge in [0.25, 0.3) is 5.91 Å². The molecule has 0 atom stereocenters. The molecule has 3 aromatic rings. The number of methoxy groups -OCH3 is 1. The van der Waals surface area contributed by atoms with Crippen LogP contribution >= 0.6 is 22.6 Å². The number of hydrogen-bond donors (Lipinski definition) is 0. The highest BCUT2D eigenvalue weighted by Gasteiger charge is 2.32. The Balaban J connectivity index is 1.67. The van der Waals surface area contributed by atoms with Crippen molar-refractivity contribution in [1.82, 2.24) is 0 Å². The van der Waals surface area contributed by atoms with Crippen LogP contribution in [0.4, 0.5) is 5.69 Å². The fourth-order valence-corrected chi connectivity index (χ4v) is 4.81. The molecule has 0 saturated heterocycles. The number of benzene rings is 3. The van der Waals surface area contributed by atoms with Gasteiger partial charge in [0, 0.05) is 23.2 Å². The Morgan fingerprint density at radius 1 is 1.12 bits per heavy atom. The van der Waals surface area contributed by atoms with Crippen LogP contribution in [0.1, 0.15) is 36.1 Å². The number of carbonyl (C=O) groups is 1. The van der Waals surface area contributed by atoms with Gasteiger partial charge < -0.3 is 14.4 Å². The third kappa shape index (κ3) is 4.80. The van der Waals surface area contributed by atoms with E-state index in [0.29, 0.717) is 35.1 Å². The highest BCUT2D eigenvalue weighted by molar-refractivity contribution is 14.1. The van der Waals surface area contributed by atoms with E-state index in [4.69, 9.17) is 9.47 Å². The molecule has 34 heavy (non-hydrogen) atoms. The van der Waals surface area contributed by atoms with Gasteiger partial charge in [-0.2, -0.15) is 5.26 Å². The zero-order chi connectivity index (χ0) is 24.2. The maximum atomic E-state index is 13.3.